The first kappa shape index (κ1) is 13.5. The Hall–Kier alpha value is -1.51. The third-order valence-electron chi connectivity index (χ3n) is 5.12. The Kier molecular flexibility index (Phi) is 3.68. The number of nitrogen functional groups attached to an aromatic ring is 1. The molecule has 0 saturated heterocycles. The fourth-order valence-electron chi connectivity index (χ4n) is 4.08. The molecule has 20 heavy (non-hydrogen) atoms. The number of nitrogens with one attached hydrogen (secondary N) is 1. The Morgan fingerprint density at radius 1 is 1.40 bits per heavy atom. The van der Waals surface area contributed by atoms with Crippen LogP contribution in [0.4, 0.5) is 5.69 Å². The van der Waals surface area contributed by atoms with Crippen molar-refractivity contribution in [3.05, 3.63) is 29.8 Å². The first-order chi connectivity index (χ1) is 9.61. The molecule has 2 aliphatic rings. The van der Waals surface area contributed by atoms with Crippen LogP contribution in [0.2, 0.25) is 0 Å². The highest BCUT2D eigenvalue weighted by molar-refractivity contribution is 5.76. The van der Waals surface area contributed by atoms with Gasteiger partial charge in [0.1, 0.15) is 0 Å². The predicted molar refractivity (Wildman–Crippen MR) is 81.0 cm³/mol. The van der Waals surface area contributed by atoms with Crippen LogP contribution in [0.3, 0.4) is 0 Å². The summed E-state index contributed by atoms with van der Waals surface area (Å²) in [7, 11) is 0. The lowest BCUT2D eigenvalue weighted by molar-refractivity contribution is -0.123. The number of fused-ring (bicyclic) bond motifs is 2. The van der Waals surface area contributed by atoms with E-state index in [1.54, 1.807) is 0 Å². The minimum absolute atomic E-state index is 0.0320. The van der Waals surface area contributed by atoms with Crippen molar-refractivity contribution in [1.82, 2.24) is 5.32 Å². The number of hydrogen-bond donors (Lipinski definition) is 2. The zero-order valence-electron chi connectivity index (χ0n) is 12.1. The van der Waals surface area contributed by atoms with E-state index >= 15 is 0 Å². The van der Waals surface area contributed by atoms with Gasteiger partial charge in [-0.3, -0.25) is 4.79 Å². The summed E-state index contributed by atoms with van der Waals surface area (Å²) in [4.78, 5) is 12.2. The maximum atomic E-state index is 12.2. The summed E-state index contributed by atoms with van der Waals surface area (Å²) < 4.78 is 0. The zero-order chi connectivity index (χ0) is 14.1. The smallest absolute Gasteiger partial charge is 0.220 e. The van der Waals surface area contributed by atoms with Crippen molar-refractivity contribution in [2.45, 2.75) is 45.1 Å². The van der Waals surface area contributed by atoms with E-state index in [0.29, 0.717) is 12.3 Å². The maximum Gasteiger partial charge on any atom is 0.220 e. The molecule has 2 aliphatic carbocycles. The van der Waals surface area contributed by atoms with Gasteiger partial charge in [-0.15, -0.1) is 0 Å². The Labute approximate surface area is 120 Å². The SMILES string of the molecule is CC(NC(=O)CC1CC2CCC1C2)c1cccc(N)c1. The van der Waals surface area contributed by atoms with E-state index < -0.39 is 0 Å². The lowest BCUT2D eigenvalue weighted by Gasteiger charge is -2.22. The molecule has 108 valence electrons. The van der Waals surface area contributed by atoms with Gasteiger partial charge in [-0.2, -0.15) is 0 Å². The van der Waals surface area contributed by atoms with E-state index in [4.69, 9.17) is 5.73 Å². The molecule has 0 heterocycles. The van der Waals surface area contributed by atoms with Crippen molar-refractivity contribution in [1.29, 1.82) is 0 Å². The van der Waals surface area contributed by atoms with E-state index in [2.05, 4.69) is 5.32 Å². The van der Waals surface area contributed by atoms with Crippen LogP contribution in [0.1, 0.15) is 50.6 Å². The van der Waals surface area contributed by atoms with Crippen LogP contribution in [0.25, 0.3) is 0 Å². The zero-order valence-corrected chi connectivity index (χ0v) is 12.1. The highest BCUT2D eigenvalue weighted by atomic mass is 16.1. The number of carbonyl (C=O) groups is 1. The Balaban J connectivity index is 1.53. The van der Waals surface area contributed by atoms with Crippen LogP contribution >= 0.6 is 0 Å². The molecule has 1 aromatic rings. The van der Waals surface area contributed by atoms with Gasteiger partial charge in [0.05, 0.1) is 6.04 Å². The van der Waals surface area contributed by atoms with Crippen LogP contribution in [0.5, 0.6) is 0 Å². The molecule has 0 aliphatic heterocycles. The largest absolute Gasteiger partial charge is 0.399 e. The summed E-state index contributed by atoms with van der Waals surface area (Å²) in [5, 5.41) is 3.12. The molecule has 3 rings (SSSR count). The lowest BCUT2D eigenvalue weighted by atomic mass is 9.86. The lowest BCUT2D eigenvalue weighted by Crippen LogP contribution is -2.29. The molecule has 1 aromatic carbocycles. The first-order valence-corrected chi connectivity index (χ1v) is 7.76. The monoisotopic (exact) mass is 272 g/mol. The van der Waals surface area contributed by atoms with Crippen LogP contribution in [0, 0.1) is 17.8 Å². The van der Waals surface area contributed by atoms with Crippen molar-refractivity contribution in [3.8, 4) is 0 Å². The number of amides is 1. The highest BCUT2D eigenvalue weighted by Gasteiger charge is 2.40. The molecule has 1 amide bonds. The van der Waals surface area contributed by atoms with Gasteiger partial charge in [-0.05, 0) is 61.6 Å². The second kappa shape index (κ2) is 5.47. The molecule has 0 radical (unpaired) electrons. The van der Waals surface area contributed by atoms with Crippen molar-refractivity contribution >= 4 is 11.6 Å². The quantitative estimate of drug-likeness (QED) is 0.826. The molecule has 0 aromatic heterocycles. The van der Waals surface area contributed by atoms with Gasteiger partial charge in [-0.1, -0.05) is 18.6 Å². The van der Waals surface area contributed by atoms with Crippen LogP contribution in [-0.2, 0) is 4.79 Å². The van der Waals surface area contributed by atoms with Crippen LogP contribution in [-0.4, -0.2) is 5.91 Å². The van der Waals surface area contributed by atoms with E-state index in [1.165, 1.54) is 25.7 Å². The molecule has 3 nitrogen and oxygen atoms in total. The average Bonchev–Trinajstić information content (AvgIpc) is 3.00. The van der Waals surface area contributed by atoms with E-state index in [0.717, 1.165) is 23.1 Å². The average molecular weight is 272 g/mol. The maximum absolute atomic E-state index is 12.2. The Morgan fingerprint density at radius 3 is 2.90 bits per heavy atom. The van der Waals surface area contributed by atoms with E-state index in [9.17, 15) is 4.79 Å². The van der Waals surface area contributed by atoms with Gasteiger partial charge in [0.2, 0.25) is 5.91 Å². The fraction of sp³-hybridized carbons (Fsp3) is 0.588. The number of rotatable bonds is 4. The number of hydrogen-bond acceptors (Lipinski definition) is 2. The first-order valence-electron chi connectivity index (χ1n) is 7.76. The number of anilines is 1. The minimum Gasteiger partial charge on any atom is -0.399 e. The van der Waals surface area contributed by atoms with Crippen molar-refractivity contribution < 1.29 is 4.79 Å². The van der Waals surface area contributed by atoms with E-state index in [-0.39, 0.29) is 11.9 Å². The summed E-state index contributed by atoms with van der Waals surface area (Å²) >= 11 is 0. The Bertz CT molecular complexity index is 500. The third-order valence-corrected chi connectivity index (χ3v) is 5.12. The van der Waals surface area contributed by atoms with Crippen molar-refractivity contribution in [2.75, 3.05) is 5.73 Å². The molecule has 0 spiro atoms. The predicted octanol–water partition coefficient (Wildman–Crippen LogP) is 3.27. The van der Waals surface area contributed by atoms with Crippen molar-refractivity contribution in [2.24, 2.45) is 17.8 Å². The van der Waals surface area contributed by atoms with Gasteiger partial charge in [0.25, 0.3) is 0 Å². The van der Waals surface area contributed by atoms with Crippen molar-refractivity contribution in [3.63, 3.8) is 0 Å². The van der Waals surface area contributed by atoms with Gasteiger partial charge in [-0.25, -0.2) is 0 Å². The molecular weight excluding hydrogens is 248 g/mol. The standard InChI is InChI=1S/C17H24N2O/c1-11(13-3-2-4-16(18)9-13)19-17(20)10-15-8-12-5-6-14(15)7-12/h2-4,9,11-12,14-15H,5-8,10,18H2,1H3,(H,19,20). The van der Waals surface area contributed by atoms with Gasteiger partial charge < -0.3 is 11.1 Å². The van der Waals surface area contributed by atoms with Crippen LogP contribution < -0.4 is 11.1 Å². The molecule has 3 heteroatoms. The summed E-state index contributed by atoms with van der Waals surface area (Å²) in [6, 6.07) is 7.78. The second-order valence-electron chi connectivity index (χ2n) is 6.60. The minimum atomic E-state index is 0.0320. The molecule has 2 fully saturated rings. The fourth-order valence-corrected chi connectivity index (χ4v) is 4.08. The third kappa shape index (κ3) is 2.82. The molecule has 2 bridgehead atoms. The number of nitrogens with two attached hydrogens (primary N) is 1. The second-order valence-corrected chi connectivity index (χ2v) is 6.60. The number of benzene rings is 1. The molecule has 4 atom stereocenters. The van der Waals surface area contributed by atoms with E-state index in [1.807, 2.05) is 31.2 Å². The highest BCUT2D eigenvalue weighted by Crippen LogP contribution is 2.49. The number of carbonyl (C=O) groups excluding carboxylic acids is 1. The van der Waals surface area contributed by atoms with Gasteiger partial charge >= 0.3 is 0 Å². The molecule has 4 unspecified atom stereocenters. The summed E-state index contributed by atoms with van der Waals surface area (Å²) in [5.41, 5.74) is 7.61. The molecular formula is C17H24N2O. The van der Waals surface area contributed by atoms with Gasteiger partial charge in [0, 0.05) is 12.1 Å². The summed E-state index contributed by atoms with van der Waals surface area (Å²) in [6.07, 6.45) is 6.07. The summed E-state index contributed by atoms with van der Waals surface area (Å²) in [5.74, 6) is 2.54. The topological polar surface area (TPSA) is 55.1 Å². The normalized spacial score (nSPS) is 29.4. The van der Waals surface area contributed by atoms with Crippen LogP contribution in [0.15, 0.2) is 24.3 Å². The molecule has 2 saturated carbocycles. The Morgan fingerprint density at radius 2 is 2.25 bits per heavy atom. The van der Waals surface area contributed by atoms with Gasteiger partial charge in [0.15, 0.2) is 0 Å². The summed E-state index contributed by atoms with van der Waals surface area (Å²) in [6.45, 7) is 2.02. The molecule has 3 N–H and O–H groups in total.